The standard InChI is InChI=1S/C17H26N2O2/c1-13(14-6-7-16(20)17(11-14)21-2)19-10-4-9-18-8-3-5-15(18)12-19/h6-7,11,13,15,20H,3-5,8-10,12H2,1-2H3. The molecule has 2 aliphatic heterocycles. The zero-order valence-corrected chi connectivity index (χ0v) is 13.1. The van der Waals surface area contributed by atoms with E-state index in [1.165, 1.54) is 37.9 Å². The molecule has 2 fully saturated rings. The molecule has 2 aliphatic rings. The number of nitrogens with zero attached hydrogens (tertiary/aromatic N) is 2. The molecule has 2 heterocycles. The number of hydrogen-bond acceptors (Lipinski definition) is 4. The first kappa shape index (κ1) is 14.7. The maximum absolute atomic E-state index is 9.75. The van der Waals surface area contributed by atoms with Gasteiger partial charge < -0.3 is 9.84 Å². The van der Waals surface area contributed by atoms with Crippen molar-refractivity contribution in [1.29, 1.82) is 0 Å². The van der Waals surface area contributed by atoms with E-state index in [0.717, 1.165) is 19.1 Å². The second-order valence-electron chi connectivity index (χ2n) is 6.29. The average molecular weight is 290 g/mol. The van der Waals surface area contributed by atoms with Gasteiger partial charge in [-0.25, -0.2) is 0 Å². The van der Waals surface area contributed by atoms with E-state index in [9.17, 15) is 5.11 Å². The Morgan fingerprint density at radius 2 is 2.05 bits per heavy atom. The predicted octanol–water partition coefficient (Wildman–Crippen LogP) is 2.63. The van der Waals surface area contributed by atoms with Crippen LogP contribution in [0.5, 0.6) is 11.5 Å². The van der Waals surface area contributed by atoms with Crippen molar-refractivity contribution in [2.24, 2.45) is 0 Å². The van der Waals surface area contributed by atoms with Crippen LogP contribution in [0.3, 0.4) is 0 Å². The maximum atomic E-state index is 9.75. The number of ether oxygens (including phenoxy) is 1. The predicted molar refractivity (Wildman–Crippen MR) is 83.9 cm³/mol. The van der Waals surface area contributed by atoms with Crippen LogP contribution in [-0.4, -0.2) is 54.2 Å². The van der Waals surface area contributed by atoms with Gasteiger partial charge in [0.2, 0.25) is 0 Å². The summed E-state index contributed by atoms with van der Waals surface area (Å²) in [5.41, 5.74) is 1.22. The molecule has 3 rings (SSSR count). The highest BCUT2D eigenvalue weighted by Crippen LogP contribution is 2.32. The van der Waals surface area contributed by atoms with E-state index in [0.29, 0.717) is 11.8 Å². The molecule has 4 heteroatoms. The minimum atomic E-state index is 0.214. The molecule has 0 saturated carbocycles. The molecule has 0 aliphatic carbocycles. The van der Waals surface area contributed by atoms with Crippen molar-refractivity contribution in [3.05, 3.63) is 23.8 Å². The third-order valence-electron chi connectivity index (χ3n) is 5.07. The molecule has 2 atom stereocenters. The molecule has 0 spiro atoms. The van der Waals surface area contributed by atoms with Crippen LogP contribution < -0.4 is 4.74 Å². The number of phenolic OH excluding ortho intramolecular Hbond substituents is 1. The minimum Gasteiger partial charge on any atom is -0.504 e. The van der Waals surface area contributed by atoms with Crippen LogP contribution in [0.25, 0.3) is 0 Å². The third kappa shape index (κ3) is 3.01. The van der Waals surface area contributed by atoms with Crippen molar-refractivity contribution in [2.75, 3.05) is 33.3 Å². The van der Waals surface area contributed by atoms with Crippen molar-refractivity contribution in [2.45, 2.75) is 38.3 Å². The average Bonchev–Trinajstić information content (AvgIpc) is 2.84. The highest BCUT2D eigenvalue weighted by Gasteiger charge is 2.30. The van der Waals surface area contributed by atoms with Crippen molar-refractivity contribution in [1.82, 2.24) is 9.80 Å². The summed E-state index contributed by atoms with van der Waals surface area (Å²) in [4.78, 5) is 5.24. The van der Waals surface area contributed by atoms with Crippen LogP contribution >= 0.6 is 0 Å². The summed E-state index contributed by atoms with van der Waals surface area (Å²) >= 11 is 0. The van der Waals surface area contributed by atoms with Gasteiger partial charge in [0.15, 0.2) is 11.5 Å². The quantitative estimate of drug-likeness (QED) is 0.928. The van der Waals surface area contributed by atoms with Gasteiger partial charge in [0.1, 0.15) is 0 Å². The zero-order valence-electron chi connectivity index (χ0n) is 13.1. The Morgan fingerprint density at radius 3 is 2.86 bits per heavy atom. The fraction of sp³-hybridized carbons (Fsp3) is 0.647. The molecule has 0 amide bonds. The molecule has 0 bridgehead atoms. The van der Waals surface area contributed by atoms with Crippen molar-refractivity contribution >= 4 is 0 Å². The van der Waals surface area contributed by atoms with E-state index in [4.69, 9.17) is 4.74 Å². The van der Waals surface area contributed by atoms with Crippen molar-refractivity contribution in [3.63, 3.8) is 0 Å². The molecule has 1 aromatic rings. The Morgan fingerprint density at radius 1 is 1.24 bits per heavy atom. The van der Waals surface area contributed by atoms with E-state index in [2.05, 4.69) is 16.7 Å². The Hall–Kier alpha value is -1.26. The van der Waals surface area contributed by atoms with Crippen molar-refractivity contribution in [3.8, 4) is 11.5 Å². The van der Waals surface area contributed by atoms with Crippen molar-refractivity contribution < 1.29 is 9.84 Å². The molecule has 1 N–H and O–H groups in total. The number of phenols is 1. The summed E-state index contributed by atoms with van der Waals surface area (Å²) < 4.78 is 5.24. The van der Waals surface area contributed by atoms with Gasteiger partial charge in [0.25, 0.3) is 0 Å². The molecule has 116 valence electrons. The molecule has 0 radical (unpaired) electrons. The Labute approximate surface area is 127 Å². The van der Waals surface area contributed by atoms with Crippen LogP contribution in [0.15, 0.2) is 18.2 Å². The van der Waals surface area contributed by atoms with E-state index in [-0.39, 0.29) is 5.75 Å². The van der Waals surface area contributed by atoms with Crippen LogP contribution in [0.2, 0.25) is 0 Å². The fourth-order valence-electron chi connectivity index (χ4n) is 3.75. The lowest BCUT2D eigenvalue weighted by Gasteiger charge is -2.31. The van der Waals surface area contributed by atoms with Gasteiger partial charge >= 0.3 is 0 Å². The molecule has 1 aromatic carbocycles. The summed E-state index contributed by atoms with van der Waals surface area (Å²) in [6, 6.07) is 6.82. The normalized spacial score (nSPS) is 25.3. The first-order valence-corrected chi connectivity index (χ1v) is 8.04. The van der Waals surface area contributed by atoms with Gasteiger partial charge in [-0.2, -0.15) is 0 Å². The maximum Gasteiger partial charge on any atom is 0.160 e. The molecule has 2 saturated heterocycles. The van der Waals surface area contributed by atoms with E-state index < -0.39 is 0 Å². The van der Waals surface area contributed by atoms with Gasteiger partial charge in [-0.05, 0) is 57.0 Å². The number of benzene rings is 1. The van der Waals surface area contributed by atoms with Crippen LogP contribution in [0, 0.1) is 0 Å². The Balaban J connectivity index is 1.76. The van der Waals surface area contributed by atoms with Gasteiger partial charge in [-0.15, -0.1) is 0 Å². The molecule has 0 aromatic heterocycles. The molecule has 2 unspecified atom stereocenters. The fourth-order valence-corrected chi connectivity index (χ4v) is 3.75. The van der Waals surface area contributed by atoms with Gasteiger partial charge in [-0.1, -0.05) is 6.07 Å². The second-order valence-corrected chi connectivity index (χ2v) is 6.29. The smallest absolute Gasteiger partial charge is 0.160 e. The first-order chi connectivity index (χ1) is 10.2. The van der Waals surface area contributed by atoms with Gasteiger partial charge in [0, 0.05) is 25.2 Å². The second kappa shape index (κ2) is 6.24. The minimum absolute atomic E-state index is 0.214. The number of aromatic hydroxyl groups is 1. The molecule has 21 heavy (non-hydrogen) atoms. The summed E-state index contributed by atoms with van der Waals surface area (Å²) in [6.45, 7) is 7.09. The molecular formula is C17H26N2O2. The third-order valence-corrected chi connectivity index (χ3v) is 5.07. The number of methoxy groups -OCH3 is 1. The lowest BCUT2D eigenvalue weighted by atomic mass is 10.0. The number of rotatable bonds is 3. The number of hydrogen-bond donors (Lipinski definition) is 1. The van der Waals surface area contributed by atoms with Crippen LogP contribution in [-0.2, 0) is 0 Å². The first-order valence-electron chi connectivity index (χ1n) is 8.04. The molecule has 4 nitrogen and oxygen atoms in total. The number of fused-ring (bicyclic) bond motifs is 1. The Bertz CT molecular complexity index is 492. The summed E-state index contributed by atoms with van der Waals surface area (Å²) in [6.07, 6.45) is 3.93. The lowest BCUT2D eigenvalue weighted by molar-refractivity contribution is 0.182. The Kier molecular flexibility index (Phi) is 4.36. The van der Waals surface area contributed by atoms with Crippen LogP contribution in [0.1, 0.15) is 37.8 Å². The topological polar surface area (TPSA) is 35.9 Å². The zero-order chi connectivity index (χ0) is 14.8. The van der Waals surface area contributed by atoms with Gasteiger partial charge in [-0.3, -0.25) is 9.80 Å². The largest absolute Gasteiger partial charge is 0.504 e. The summed E-state index contributed by atoms with van der Waals surface area (Å²) in [7, 11) is 1.60. The van der Waals surface area contributed by atoms with E-state index in [1.54, 1.807) is 13.2 Å². The van der Waals surface area contributed by atoms with E-state index in [1.807, 2.05) is 12.1 Å². The highest BCUT2D eigenvalue weighted by atomic mass is 16.5. The SMILES string of the molecule is COc1cc(C(C)N2CCCN3CCCC3C2)ccc1O. The van der Waals surface area contributed by atoms with Gasteiger partial charge in [0.05, 0.1) is 7.11 Å². The monoisotopic (exact) mass is 290 g/mol. The summed E-state index contributed by atoms with van der Waals surface area (Å²) in [5, 5.41) is 9.75. The molecular weight excluding hydrogens is 264 g/mol. The van der Waals surface area contributed by atoms with E-state index >= 15 is 0 Å². The lowest BCUT2D eigenvalue weighted by Crippen LogP contribution is -2.37. The summed E-state index contributed by atoms with van der Waals surface area (Å²) in [5.74, 6) is 0.781. The highest BCUT2D eigenvalue weighted by molar-refractivity contribution is 5.42. The van der Waals surface area contributed by atoms with Crippen LogP contribution in [0.4, 0.5) is 0 Å².